The molecule has 12 aromatic carbocycles. The third-order valence-corrected chi connectivity index (χ3v) is 18.7. The Bertz CT molecular complexity index is 5450. The standard InChI is InChI=1S/C84H70BN3O/c1-82(2,3)60-32-23-31-56(45-60)58-40-43-67-71(47-58)87(73-48-59(54-27-15-11-16-28-54)49-77-78(73)66-36-20-22-38-76(66)89-77)74-51-62(84(7,8)9)52-75-80(74)85(67)68-42-39-57(53-25-13-10-14-26-53)46-72(68)88(75)81-64(55-29-17-12-18-30-55)41-44-70-79(81)65-35-19-21-37-69(65)86(70)63-34-24-33-61(50-63)83(4,5)6/h10-52H,1-9H3/i10D,13D,14D,25D,26D. The SMILES string of the molecule is [2H]c1c([2H])c([2H])c(-c2ccc3c(c2)N(c2c(-c4ccccc4)ccc4c2c2ccccc2n4-c2cccc(C(C)(C)C)c2)c2cc(C(C)(C)C)cc4c2B3c2ccc(-c3cccc(C(C)(C)C)c3)cc2N4c2cc(-c3ccccc3)cc3oc4ccccc4c23)c([2H])c1[2H]. The predicted octanol–water partition coefficient (Wildman–Crippen LogP) is 21.3. The van der Waals surface area contributed by atoms with Gasteiger partial charge < -0.3 is 18.8 Å². The Balaban J connectivity index is 1.10. The Labute approximate surface area is 530 Å². The summed E-state index contributed by atoms with van der Waals surface area (Å²) in [5.74, 6) is 0. The summed E-state index contributed by atoms with van der Waals surface area (Å²) in [4.78, 5) is 5.04. The highest BCUT2D eigenvalue weighted by molar-refractivity contribution is 7.00. The summed E-state index contributed by atoms with van der Waals surface area (Å²) in [5.41, 5.74) is 23.7. The molecule has 0 aliphatic carbocycles. The number of fused-ring (bicyclic) bond motifs is 10. The minimum atomic E-state index is -0.430. The van der Waals surface area contributed by atoms with Gasteiger partial charge in [0.25, 0.3) is 6.71 Å². The first-order valence-electron chi connectivity index (χ1n) is 33.6. The molecule has 2 aliphatic heterocycles. The van der Waals surface area contributed by atoms with E-state index in [2.05, 4.69) is 295 Å². The van der Waals surface area contributed by atoms with E-state index in [1.54, 1.807) is 0 Å². The van der Waals surface area contributed by atoms with Crippen molar-refractivity contribution in [2.24, 2.45) is 0 Å². The van der Waals surface area contributed by atoms with Gasteiger partial charge in [-0.3, -0.25) is 0 Å². The molecule has 0 unspecified atom stereocenters. The van der Waals surface area contributed by atoms with Gasteiger partial charge in [0.2, 0.25) is 0 Å². The second kappa shape index (κ2) is 20.2. The lowest BCUT2D eigenvalue weighted by Crippen LogP contribution is -2.61. The molecule has 0 amide bonds. The number of benzene rings is 12. The molecule has 0 N–H and O–H groups in total. The van der Waals surface area contributed by atoms with E-state index in [0.29, 0.717) is 5.56 Å². The van der Waals surface area contributed by atoms with Crippen LogP contribution in [0.25, 0.3) is 93.9 Å². The molecule has 4 heterocycles. The molecule has 0 spiro atoms. The third-order valence-electron chi connectivity index (χ3n) is 18.7. The fourth-order valence-corrected chi connectivity index (χ4v) is 14.1. The molecule has 0 saturated heterocycles. The molecule has 5 heteroatoms. The number of aromatic nitrogens is 1. The Hall–Kier alpha value is -10.1. The Morgan fingerprint density at radius 3 is 1.62 bits per heavy atom. The topological polar surface area (TPSA) is 24.6 Å². The molecule has 2 aliphatic rings. The summed E-state index contributed by atoms with van der Waals surface area (Å²) in [6.07, 6.45) is 0. The number of furan rings is 1. The van der Waals surface area contributed by atoms with Crippen molar-refractivity contribution in [2.75, 3.05) is 9.80 Å². The number of nitrogens with zero attached hydrogens (tertiary/aromatic N) is 3. The summed E-state index contributed by atoms with van der Waals surface area (Å²) in [7, 11) is 0. The Morgan fingerprint density at radius 1 is 0.360 bits per heavy atom. The van der Waals surface area contributed by atoms with Crippen molar-refractivity contribution in [3.8, 4) is 50.2 Å². The highest BCUT2D eigenvalue weighted by atomic mass is 16.3. The Morgan fingerprint density at radius 2 is 0.921 bits per heavy atom. The maximum Gasteiger partial charge on any atom is 0.252 e. The quantitative estimate of drug-likeness (QED) is 0.149. The lowest BCUT2D eigenvalue weighted by atomic mass is 9.33. The van der Waals surface area contributed by atoms with Crippen molar-refractivity contribution in [3.05, 3.63) is 277 Å². The van der Waals surface area contributed by atoms with Gasteiger partial charge in [0.15, 0.2) is 0 Å². The van der Waals surface area contributed by atoms with E-state index in [0.717, 1.165) is 139 Å². The first-order valence-corrected chi connectivity index (χ1v) is 31.1. The summed E-state index contributed by atoms with van der Waals surface area (Å²) in [6, 6.07) is 82.0. The van der Waals surface area contributed by atoms with Crippen LogP contribution in [0.3, 0.4) is 0 Å². The van der Waals surface area contributed by atoms with Crippen LogP contribution in [-0.2, 0) is 16.2 Å². The van der Waals surface area contributed by atoms with Gasteiger partial charge in [-0.15, -0.1) is 0 Å². The van der Waals surface area contributed by atoms with Crippen LogP contribution in [-0.4, -0.2) is 11.3 Å². The zero-order chi connectivity index (χ0) is 65.0. The molecule has 0 bridgehead atoms. The van der Waals surface area contributed by atoms with Gasteiger partial charge in [-0.1, -0.05) is 256 Å². The van der Waals surface area contributed by atoms with Crippen molar-refractivity contribution < 1.29 is 11.3 Å². The predicted molar refractivity (Wildman–Crippen MR) is 380 cm³/mol. The van der Waals surface area contributed by atoms with Gasteiger partial charge in [0.1, 0.15) is 11.2 Å². The van der Waals surface area contributed by atoms with Gasteiger partial charge in [-0.05, 0) is 155 Å². The molecule has 430 valence electrons. The number of hydrogen-bond donors (Lipinski definition) is 0. The highest BCUT2D eigenvalue weighted by Crippen LogP contribution is 2.54. The molecule has 2 aromatic heterocycles. The molecule has 89 heavy (non-hydrogen) atoms. The van der Waals surface area contributed by atoms with Crippen LogP contribution in [0.2, 0.25) is 0 Å². The first kappa shape index (κ1) is 49.0. The largest absolute Gasteiger partial charge is 0.456 e. The minimum absolute atomic E-state index is 0.0938. The van der Waals surface area contributed by atoms with Crippen molar-refractivity contribution in [2.45, 2.75) is 78.6 Å². The van der Waals surface area contributed by atoms with Gasteiger partial charge in [-0.25, -0.2) is 0 Å². The van der Waals surface area contributed by atoms with Gasteiger partial charge in [0, 0.05) is 50.2 Å². The summed E-state index contributed by atoms with van der Waals surface area (Å²) in [5, 5.41) is 4.13. The fourth-order valence-electron chi connectivity index (χ4n) is 14.1. The summed E-state index contributed by atoms with van der Waals surface area (Å²) >= 11 is 0. The van der Waals surface area contributed by atoms with Crippen molar-refractivity contribution in [3.63, 3.8) is 0 Å². The Kier molecular flexibility index (Phi) is 11.1. The van der Waals surface area contributed by atoms with Crippen LogP contribution in [0, 0.1) is 0 Å². The van der Waals surface area contributed by atoms with Crippen LogP contribution in [0.1, 0.15) is 85.9 Å². The third kappa shape index (κ3) is 8.87. The lowest BCUT2D eigenvalue weighted by molar-refractivity contribution is 0.590. The molecule has 4 nitrogen and oxygen atoms in total. The molecular weight excluding hydrogens is 1080 g/mol. The first-order chi connectivity index (χ1) is 45.1. The molecular formula is C84H70BN3O. The average Bonchev–Trinajstić information content (AvgIpc) is 0.946. The van der Waals surface area contributed by atoms with Crippen LogP contribution in [0.5, 0.6) is 0 Å². The fraction of sp³-hybridized carbons (Fsp3) is 0.143. The van der Waals surface area contributed by atoms with Crippen LogP contribution in [0.15, 0.2) is 265 Å². The van der Waals surface area contributed by atoms with E-state index in [4.69, 9.17) is 8.53 Å². The maximum atomic E-state index is 9.54. The summed E-state index contributed by atoms with van der Waals surface area (Å²) < 4.78 is 55.3. The van der Waals surface area contributed by atoms with Gasteiger partial charge >= 0.3 is 0 Å². The molecule has 14 aromatic rings. The average molecular weight is 1150 g/mol. The van der Waals surface area contributed by atoms with E-state index >= 15 is 0 Å². The number of para-hydroxylation sites is 2. The molecule has 0 atom stereocenters. The van der Waals surface area contributed by atoms with Crippen LogP contribution in [0.4, 0.5) is 34.1 Å². The highest BCUT2D eigenvalue weighted by Gasteiger charge is 2.46. The van der Waals surface area contributed by atoms with E-state index in [9.17, 15) is 2.74 Å². The zero-order valence-electron chi connectivity index (χ0n) is 56.8. The van der Waals surface area contributed by atoms with Gasteiger partial charge in [0.05, 0.1) is 34.6 Å². The number of hydrogen-bond acceptors (Lipinski definition) is 3. The van der Waals surface area contributed by atoms with E-state index in [1.165, 1.54) is 11.1 Å². The number of anilines is 6. The summed E-state index contributed by atoms with van der Waals surface area (Å²) in [6.45, 7) is 20.1. The van der Waals surface area contributed by atoms with Gasteiger partial charge in [-0.2, -0.15) is 0 Å². The monoisotopic (exact) mass is 1150 g/mol. The second-order valence-electron chi connectivity index (χ2n) is 27.4. The van der Waals surface area contributed by atoms with Crippen LogP contribution < -0.4 is 26.2 Å². The van der Waals surface area contributed by atoms with E-state index in [1.807, 2.05) is 12.1 Å². The lowest BCUT2D eigenvalue weighted by Gasteiger charge is -2.46. The minimum Gasteiger partial charge on any atom is -0.456 e. The maximum absolute atomic E-state index is 9.54. The molecule has 0 radical (unpaired) electrons. The smallest absolute Gasteiger partial charge is 0.252 e. The second-order valence-corrected chi connectivity index (χ2v) is 27.4. The van der Waals surface area contributed by atoms with E-state index in [-0.39, 0.29) is 47.3 Å². The van der Waals surface area contributed by atoms with Crippen molar-refractivity contribution >= 4 is 101 Å². The molecule has 0 saturated carbocycles. The van der Waals surface area contributed by atoms with Crippen LogP contribution >= 0.6 is 0 Å². The normalized spacial score (nSPS) is 13.9. The molecule has 16 rings (SSSR count). The molecule has 0 fully saturated rings. The van der Waals surface area contributed by atoms with E-state index < -0.39 is 11.5 Å². The van der Waals surface area contributed by atoms with Crippen molar-refractivity contribution in [1.82, 2.24) is 4.57 Å². The van der Waals surface area contributed by atoms with Crippen molar-refractivity contribution in [1.29, 1.82) is 0 Å². The number of rotatable bonds is 7. The zero-order valence-corrected chi connectivity index (χ0v) is 51.8.